The van der Waals surface area contributed by atoms with Gasteiger partial charge >= 0.3 is 0 Å². The number of aromatic nitrogens is 2. The second-order valence-corrected chi connectivity index (χ2v) is 9.99. The molecule has 0 aliphatic carbocycles. The van der Waals surface area contributed by atoms with Crippen LogP contribution < -0.4 is 14.4 Å². The quantitative estimate of drug-likeness (QED) is 0.578. The normalized spacial score (nSPS) is 12.3. The smallest absolute Gasteiger partial charge is 0.249 e. The van der Waals surface area contributed by atoms with E-state index in [2.05, 4.69) is 15.5 Å². The number of rotatable bonds is 7. The van der Waals surface area contributed by atoms with Crippen molar-refractivity contribution in [3.05, 3.63) is 53.6 Å². The number of sulfonamides is 1. The molecule has 31 heavy (non-hydrogen) atoms. The van der Waals surface area contributed by atoms with Gasteiger partial charge in [0.2, 0.25) is 21.1 Å². The van der Waals surface area contributed by atoms with Gasteiger partial charge in [-0.05, 0) is 62.2 Å². The van der Waals surface area contributed by atoms with Gasteiger partial charge in [0, 0.05) is 5.56 Å². The van der Waals surface area contributed by atoms with Gasteiger partial charge in [0.25, 0.3) is 0 Å². The lowest BCUT2D eigenvalue weighted by Crippen LogP contribution is -2.45. The molecular formula is C21H24N4O4S2. The molecule has 2 aromatic carbocycles. The van der Waals surface area contributed by atoms with Gasteiger partial charge in [0.05, 0.1) is 19.1 Å². The number of nitrogens with zero attached hydrogens (tertiary/aromatic N) is 3. The summed E-state index contributed by atoms with van der Waals surface area (Å²) in [6, 6.07) is 11.8. The van der Waals surface area contributed by atoms with Crippen LogP contribution in [0, 0.1) is 13.8 Å². The summed E-state index contributed by atoms with van der Waals surface area (Å²) >= 11 is 1.20. The molecule has 1 N–H and O–H groups in total. The highest BCUT2D eigenvalue weighted by molar-refractivity contribution is 7.92. The van der Waals surface area contributed by atoms with Crippen molar-refractivity contribution in [3.8, 4) is 16.3 Å². The number of carbonyl (C=O) groups excluding carboxylic acids is 1. The van der Waals surface area contributed by atoms with Gasteiger partial charge in [-0.3, -0.25) is 14.4 Å². The summed E-state index contributed by atoms with van der Waals surface area (Å²) in [7, 11) is -2.12. The van der Waals surface area contributed by atoms with Crippen LogP contribution in [0.2, 0.25) is 0 Å². The first-order chi connectivity index (χ1) is 14.6. The van der Waals surface area contributed by atoms with E-state index in [1.807, 2.05) is 50.2 Å². The average molecular weight is 461 g/mol. The van der Waals surface area contributed by atoms with Gasteiger partial charge in [-0.15, -0.1) is 10.2 Å². The largest absolute Gasteiger partial charge is 0.497 e. The number of nitrogens with one attached hydrogen (secondary N) is 1. The summed E-state index contributed by atoms with van der Waals surface area (Å²) in [4.78, 5) is 12.9. The van der Waals surface area contributed by atoms with E-state index in [4.69, 9.17) is 4.74 Å². The van der Waals surface area contributed by atoms with Crippen LogP contribution in [0.3, 0.4) is 0 Å². The third-order valence-electron chi connectivity index (χ3n) is 4.68. The first-order valence-corrected chi connectivity index (χ1v) is 12.1. The fraction of sp³-hybridized carbons (Fsp3) is 0.286. The fourth-order valence-electron chi connectivity index (χ4n) is 3.07. The van der Waals surface area contributed by atoms with E-state index in [9.17, 15) is 13.2 Å². The monoisotopic (exact) mass is 460 g/mol. The van der Waals surface area contributed by atoms with Crippen molar-refractivity contribution in [1.82, 2.24) is 10.2 Å². The molecule has 0 fully saturated rings. The van der Waals surface area contributed by atoms with Crippen LogP contribution >= 0.6 is 11.3 Å². The standard InChI is InChI=1S/C21H24N4O4S2/c1-13-6-7-14(2)18(12-13)25(31(5,27)28)15(3)19(26)22-21-24-23-20(30-21)16-8-10-17(29-4)11-9-16/h6-12,15H,1-5H3,(H,22,24,26)/t15-/m1/s1. The molecule has 0 saturated carbocycles. The van der Waals surface area contributed by atoms with Crippen LogP contribution in [-0.4, -0.2) is 43.9 Å². The zero-order chi connectivity index (χ0) is 22.8. The van der Waals surface area contributed by atoms with Crippen molar-refractivity contribution >= 4 is 38.1 Å². The number of amides is 1. The highest BCUT2D eigenvalue weighted by Crippen LogP contribution is 2.29. The van der Waals surface area contributed by atoms with Crippen LogP contribution in [0.5, 0.6) is 5.75 Å². The number of aryl methyl sites for hydroxylation is 2. The Morgan fingerprint density at radius 1 is 1.13 bits per heavy atom. The molecule has 8 nitrogen and oxygen atoms in total. The highest BCUT2D eigenvalue weighted by atomic mass is 32.2. The predicted octanol–water partition coefficient (Wildman–Crippen LogP) is 3.62. The minimum Gasteiger partial charge on any atom is -0.497 e. The Hall–Kier alpha value is -2.98. The number of ether oxygens (including phenoxy) is 1. The maximum atomic E-state index is 12.9. The molecule has 1 atom stereocenters. The van der Waals surface area contributed by atoms with Gasteiger partial charge in [-0.25, -0.2) is 8.42 Å². The minimum atomic E-state index is -3.71. The number of methoxy groups -OCH3 is 1. The summed E-state index contributed by atoms with van der Waals surface area (Å²) in [5, 5.41) is 11.7. The summed E-state index contributed by atoms with van der Waals surface area (Å²) in [5.74, 6) is 0.228. The molecule has 3 aromatic rings. The second kappa shape index (κ2) is 9.03. The van der Waals surface area contributed by atoms with Crippen LogP contribution in [0.25, 0.3) is 10.6 Å². The molecule has 0 radical (unpaired) electrons. The van der Waals surface area contributed by atoms with Gasteiger partial charge in [-0.1, -0.05) is 23.5 Å². The Kier molecular flexibility index (Phi) is 6.61. The molecule has 0 unspecified atom stereocenters. The number of benzene rings is 2. The Morgan fingerprint density at radius 3 is 2.42 bits per heavy atom. The molecule has 0 aliphatic heterocycles. The Morgan fingerprint density at radius 2 is 1.81 bits per heavy atom. The second-order valence-electron chi connectivity index (χ2n) is 7.15. The van der Waals surface area contributed by atoms with Crippen LogP contribution in [-0.2, 0) is 14.8 Å². The molecule has 0 saturated heterocycles. The first-order valence-electron chi connectivity index (χ1n) is 9.45. The SMILES string of the molecule is COc1ccc(-c2nnc(NC(=O)[C@@H](C)N(c3cc(C)ccc3C)S(C)(=O)=O)s2)cc1. The van der Waals surface area contributed by atoms with Gasteiger partial charge in [-0.2, -0.15) is 0 Å². The number of hydrogen-bond acceptors (Lipinski definition) is 7. The number of anilines is 2. The maximum absolute atomic E-state index is 12.9. The third kappa shape index (κ3) is 5.20. The van der Waals surface area contributed by atoms with E-state index >= 15 is 0 Å². The Balaban J connectivity index is 1.83. The molecule has 0 bridgehead atoms. The lowest BCUT2D eigenvalue weighted by molar-refractivity contribution is -0.116. The van der Waals surface area contributed by atoms with E-state index < -0.39 is 22.0 Å². The lowest BCUT2D eigenvalue weighted by atomic mass is 10.1. The van der Waals surface area contributed by atoms with E-state index in [1.54, 1.807) is 20.1 Å². The number of hydrogen-bond donors (Lipinski definition) is 1. The predicted molar refractivity (Wildman–Crippen MR) is 123 cm³/mol. The van der Waals surface area contributed by atoms with Crippen LogP contribution in [0.1, 0.15) is 18.1 Å². The molecule has 0 aliphatic rings. The minimum absolute atomic E-state index is 0.289. The highest BCUT2D eigenvalue weighted by Gasteiger charge is 2.30. The number of carbonyl (C=O) groups is 1. The van der Waals surface area contributed by atoms with Gasteiger partial charge < -0.3 is 4.74 Å². The van der Waals surface area contributed by atoms with Crippen LogP contribution in [0.4, 0.5) is 10.8 Å². The van der Waals surface area contributed by atoms with E-state index in [1.165, 1.54) is 11.3 Å². The van der Waals surface area contributed by atoms with Crippen molar-refractivity contribution < 1.29 is 17.9 Å². The molecule has 10 heteroatoms. The fourth-order valence-corrected chi connectivity index (χ4v) is 5.05. The molecule has 0 spiro atoms. The molecule has 164 valence electrons. The lowest BCUT2D eigenvalue weighted by Gasteiger charge is -2.29. The molecule has 1 aromatic heterocycles. The third-order valence-corrected chi connectivity index (χ3v) is 6.80. The molecule has 3 rings (SSSR count). The van der Waals surface area contributed by atoms with Crippen molar-refractivity contribution in [2.45, 2.75) is 26.8 Å². The average Bonchev–Trinajstić information content (AvgIpc) is 3.18. The summed E-state index contributed by atoms with van der Waals surface area (Å²) < 4.78 is 31.4. The zero-order valence-corrected chi connectivity index (χ0v) is 19.5. The Labute approximate surface area is 185 Å². The molecular weight excluding hydrogens is 436 g/mol. The summed E-state index contributed by atoms with van der Waals surface area (Å²) in [5.41, 5.74) is 2.96. The topological polar surface area (TPSA) is 101 Å². The molecule has 1 heterocycles. The van der Waals surface area contributed by atoms with Crippen molar-refractivity contribution in [1.29, 1.82) is 0 Å². The van der Waals surface area contributed by atoms with Crippen LogP contribution in [0.15, 0.2) is 42.5 Å². The van der Waals surface area contributed by atoms with E-state index in [0.29, 0.717) is 10.7 Å². The van der Waals surface area contributed by atoms with Crippen molar-refractivity contribution in [2.75, 3.05) is 23.0 Å². The van der Waals surface area contributed by atoms with Crippen molar-refractivity contribution in [3.63, 3.8) is 0 Å². The van der Waals surface area contributed by atoms with E-state index in [0.717, 1.165) is 33.0 Å². The first kappa shape index (κ1) is 22.7. The summed E-state index contributed by atoms with van der Waals surface area (Å²) in [6.07, 6.45) is 1.09. The van der Waals surface area contributed by atoms with Crippen molar-refractivity contribution in [2.24, 2.45) is 0 Å². The zero-order valence-electron chi connectivity index (χ0n) is 17.9. The van der Waals surface area contributed by atoms with Gasteiger partial charge in [0.15, 0.2) is 0 Å². The Bertz CT molecular complexity index is 1190. The molecule has 1 amide bonds. The van der Waals surface area contributed by atoms with Gasteiger partial charge in [0.1, 0.15) is 16.8 Å². The van der Waals surface area contributed by atoms with E-state index in [-0.39, 0.29) is 5.13 Å². The maximum Gasteiger partial charge on any atom is 0.249 e. The summed E-state index contributed by atoms with van der Waals surface area (Å²) in [6.45, 7) is 5.23.